The highest BCUT2D eigenvalue weighted by atomic mass is 35.5. The molecule has 0 aliphatic heterocycles. The first-order chi connectivity index (χ1) is 8.13. The minimum absolute atomic E-state index is 0.0685. The Morgan fingerprint density at radius 2 is 1.88 bits per heavy atom. The van der Waals surface area contributed by atoms with E-state index in [0.717, 1.165) is 5.56 Å². The second kappa shape index (κ2) is 4.67. The molecule has 1 N–H and O–H groups in total. The standard InChI is InChI=1S/C13H7Cl2NO/c14-11-3-1-2-10(13(11)15)8-4-5-9(7-16)12(17)6-8/h1-6,17H. The molecular formula is C13H7Cl2NO. The van der Waals surface area contributed by atoms with Gasteiger partial charge in [-0.2, -0.15) is 5.26 Å². The third-order valence-corrected chi connectivity index (χ3v) is 3.20. The molecule has 0 heterocycles. The Bertz CT molecular complexity index is 617. The highest BCUT2D eigenvalue weighted by Gasteiger charge is 2.09. The zero-order valence-corrected chi connectivity index (χ0v) is 10.1. The summed E-state index contributed by atoms with van der Waals surface area (Å²) in [5, 5.41) is 19.2. The molecule has 17 heavy (non-hydrogen) atoms. The van der Waals surface area contributed by atoms with Crippen molar-refractivity contribution >= 4 is 23.2 Å². The van der Waals surface area contributed by atoms with E-state index in [4.69, 9.17) is 28.5 Å². The van der Waals surface area contributed by atoms with Crippen molar-refractivity contribution in [3.05, 3.63) is 52.0 Å². The molecule has 0 spiro atoms. The summed E-state index contributed by atoms with van der Waals surface area (Å²) in [6, 6.07) is 11.9. The van der Waals surface area contributed by atoms with Crippen LogP contribution in [0.5, 0.6) is 5.75 Å². The lowest BCUT2D eigenvalue weighted by Gasteiger charge is -2.07. The van der Waals surface area contributed by atoms with Crippen LogP contribution in [0.4, 0.5) is 0 Å². The predicted octanol–water partition coefficient (Wildman–Crippen LogP) is 4.24. The molecule has 2 aromatic rings. The number of benzene rings is 2. The first-order valence-corrected chi connectivity index (χ1v) is 5.56. The SMILES string of the molecule is N#Cc1ccc(-c2cccc(Cl)c2Cl)cc1O. The molecule has 0 radical (unpaired) electrons. The average Bonchev–Trinajstić information content (AvgIpc) is 2.32. The Kier molecular flexibility index (Phi) is 3.23. The summed E-state index contributed by atoms with van der Waals surface area (Å²) in [4.78, 5) is 0. The molecule has 0 amide bonds. The van der Waals surface area contributed by atoms with Gasteiger partial charge in [0.05, 0.1) is 15.6 Å². The fraction of sp³-hybridized carbons (Fsp3) is 0. The van der Waals surface area contributed by atoms with Gasteiger partial charge in [-0.1, -0.05) is 41.4 Å². The van der Waals surface area contributed by atoms with Gasteiger partial charge in [0.25, 0.3) is 0 Å². The van der Waals surface area contributed by atoms with Crippen molar-refractivity contribution in [1.82, 2.24) is 0 Å². The first kappa shape index (κ1) is 11.8. The highest BCUT2D eigenvalue weighted by Crippen LogP contribution is 2.35. The van der Waals surface area contributed by atoms with Crippen molar-refractivity contribution in [2.45, 2.75) is 0 Å². The lowest BCUT2D eigenvalue weighted by molar-refractivity contribution is 0.474. The van der Waals surface area contributed by atoms with E-state index in [9.17, 15) is 5.11 Å². The maximum Gasteiger partial charge on any atom is 0.133 e. The Morgan fingerprint density at radius 1 is 1.12 bits per heavy atom. The van der Waals surface area contributed by atoms with Crippen LogP contribution in [0, 0.1) is 11.3 Å². The Labute approximate surface area is 109 Å². The quantitative estimate of drug-likeness (QED) is 0.837. The number of hydrogen-bond acceptors (Lipinski definition) is 2. The summed E-state index contributed by atoms with van der Waals surface area (Å²) in [5.41, 5.74) is 1.67. The number of hydrogen-bond donors (Lipinski definition) is 1. The smallest absolute Gasteiger partial charge is 0.133 e. The molecule has 0 atom stereocenters. The summed E-state index contributed by atoms with van der Waals surface area (Å²) in [7, 11) is 0. The van der Waals surface area contributed by atoms with E-state index in [1.165, 1.54) is 6.07 Å². The molecule has 0 fully saturated rings. The minimum Gasteiger partial charge on any atom is -0.507 e. The van der Waals surface area contributed by atoms with Gasteiger partial charge in [-0.15, -0.1) is 0 Å². The van der Waals surface area contributed by atoms with Crippen molar-refractivity contribution < 1.29 is 5.11 Å². The molecule has 84 valence electrons. The maximum absolute atomic E-state index is 9.61. The summed E-state index contributed by atoms with van der Waals surface area (Å²) < 4.78 is 0. The molecule has 2 rings (SSSR count). The van der Waals surface area contributed by atoms with Crippen LogP contribution in [0.15, 0.2) is 36.4 Å². The van der Waals surface area contributed by atoms with E-state index in [0.29, 0.717) is 15.6 Å². The molecule has 0 saturated carbocycles. The summed E-state index contributed by atoms with van der Waals surface area (Å²) in [6.07, 6.45) is 0. The third kappa shape index (κ3) is 2.21. The largest absolute Gasteiger partial charge is 0.507 e. The van der Waals surface area contributed by atoms with Crippen LogP contribution in [0.1, 0.15) is 5.56 Å². The Balaban J connectivity index is 2.59. The number of nitriles is 1. The second-order valence-electron chi connectivity index (χ2n) is 3.45. The normalized spacial score (nSPS) is 9.94. The van der Waals surface area contributed by atoms with Gasteiger partial charge < -0.3 is 5.11 Å². The van der Waals surface area contributed by atoms with E-state index in [2.05, 4.69) is 0 Å². The maximum atomic E-state index is 9.61. The number of aromatic hydroxyl groups is 1. The molecule has 0 saturated heterocycles. The van der Waals surface area contributed by atoms with Crippen molar-refractivity contribution in [3.8, 4) is 22.9 Å². The van der Waals surface area contributed by atoms with Crippen LogP contribution in [0.25, 0.3) is 11.1 Å². The molecule has 0 aliphatic rings. The molecule has 4 heteroatoms. The second-order valence-corrected chi connectivity index (χ2v) is 4.23. The Morgan fingerprint density at radius 3 is 2.53 bits per heavy atom. The molecule has 2 nitrogen and oxygen atoms in total. The molecule has 0 aliphatic carbocycles. The van der Waals surface area contributed by atoms with E-state index >= 15 is 0 Å². The lowest BCUT2D eigenvalue weighted by atomic mass is 10.0. The van der Waals surface area contributed by atoms with Crippen LogP contribution < -0.4 is 0 Å². The van der Waals surface area contributed by atoms with Gasteiger partial charge in [0, 0.05) is 5.56 Å². The van der Waals surface area contributed by atoms with Crippen LogP contribution in [-0.4, -0.2) is 5.11 Å². The van der Waals surface area contributed by atoms with Gasteiger partial charge in [-0.3, -0.25) is 0 Å². The molecule has 0 unspecified atom stereocenters. The van der Waals surface area contributed by atoms with Gasteiger partial charge in [0.2, 0.25) is 0 Å². The van der Waals surface area contributed by atoms with Crippen LogP contribution in [-0.2, 0) is 0 Å². The zero-order chi connectivity index (χ0) is 12.4. The predicted molar refractivity (Wildman–Crippen MR) is 68.3 cm³/mol. The molecule has 2 aromatic carbocycles. The number of phenols is 1. The summed E-state index contributed by atoms with van der Waals surface area (Å²) in [5.74, 6) is -0.0685. The Hall–Kier alpha value is -1.69. The fourth-order valence-corrected chi connectivity index (χ4v) is 1.93. The van der Waals surface area contributed by atoms with E-state index in [1.54, 1.807) is 30.3 Å². The zero-order valence-electron chi connectivity index (χ0n) is 8.61. The van der Waals surface area contributed by atoms with Crippen LogP contribution in [0.3, 0.4) is 0 Å². The summed E-state index contributed by atoms with van der Waals surface area (Å²) in [6.45, 7) is 0. The van der Waals surface area contributed by atoms with E-state index < -0.39 is 0 Å². The molecule has 0 bridgehead atoms. The van der Waals surface area contributed by atoms with Crippen LogP contribution >= 0.6 is 23.2 Å². The van der Waals surface area contributed by atoms with Gasteiger partial charge in [-0.05, 0) is 23.8 Å². The van der Waals surface area contributed by atoms with Gasteiger partial charge >= 0.3 is 0 Å². The average molecular weight is 264 g/mol. The van der Waals surface area contributed by atoms with Gasteiger partial charge in [-0.25, -0.2) is 0 Å². The first-order valence-electron chi connectivity index (χ1n) is 4.81. The number of rotatable bonds is 1. The van der Waals surface area contributed by atoms with Crippen molar-refractivity contribution in [1.29, 1.82) is 5.26 Å². The van der Waals surface area contributed by atoms with Crippen LogP contribution in [0.2, 0.25) is 10.0 Å². The number of nitrogens with zero attached hydrogens (tertiary/aromatic N) is 1. The van der Waals surface area contributed by atoms with Gasteiger partial charge in [0.15, 0.2) is 0 Å². The van der Waals surface area contributed by atoms with E-state index in [1.807, 2.05) is 6.07 Å². The highest BCUT2D eigenvalue weighted by molar-refractivity contribution is 6.43. The van der Waals surface area contributed by atoms with Crippen molar-refractivity contribution in [3.63, 3.8) is 0 Å². The van der Waals surface area contributed by atoms with Crippen molar-refractivity contribution in [2.75, 3.05) is 0 Å². The summed E-state index contributed by atoms with van der Waals surface area (Å²) >= 11 is 12.0. The fourth-order valence-electron chi connectivity index (χ4n) is 1.52. The molecule has 0 aromatic heterocycles. The monoisotopic (exact) mass is 263 g/mol. The van der Waals surface area contributed by atoms with Gasteiger partial charge in [0.1, 0.15) is 11.8 Å². The van der Waals surface area contributed by atoms with Crippen molar-refractivity contribution in [2.24, 2.45) is 0 Å². The molecular weight excluding hydrogens is 257 g/mol. The number of phenolic OH excluding ortho intramolecular Hbond substituents is 1. The third-order valence-electron chi connectivity index (χ3n) is 2.38. The topological polar surface area (TPSA) is 44.0 Å². The number of halogens is 2. The van der Waals surface area contributed by atoms with E-state index in [-0.39, 0.29) is 11.3 Å². The minimum atomic E-state index is -0.0685. The lowest BCUT2D eigenvalue weighted by Crippen LogP contribution is -1.83.